The summed E-state index contributed by atoms with van der Waals surface area (Å²) < 4.78 is 21.8. The summed E-state index contributed by atoms with van der Waals surface area (Å²) in [4.78, 5) is 34.2. The third kappa shape index (κ3) is 3.53. The second-order valence-electron chi connectivity index (χ2n) is 6.05. The molecule has 0 bridgehead atoms. The van der Waals surface area contributed by atoms with Crippen molar-refractivity contribution in [3.05, 3.63) is 45.9 Å². The monoisotopic (exact) mass is 389 g/mol. The number of nitrogens with zero attached hydrogens (tertiary/aromatic N) is 3. The molecule has 0 saturated carbocycles. The molecule has 6 N–H and O–H groups in total. The van der Waals surface area contributed by atoms with Gasteiger partial charge in [0.25, 0.3) is 0 Å². The molecule has 27 heavy (non-hydrogen) atoms. The summed E-state index contributed by atoms with van der Waals surface area (Å²) >= 11 is 0. The lowest BCUT2D eigenvalue weighted by molar-refractivity contribution is 0.100. The molecule has 0 radical (unpaired) electrons. The molecule has 2 aromatic heterocycles. The number of carbonyl (C=O) groups excluding carboxylic acids is 1. The molecule has 0 saturated heterocycles. The van der Waals surface area contributed by atoms with Crippen LogP contribution in [0.2, 0.25) is 0 Å². The Bertz CT molecular complexity index is 1180. The fourth-order valence-electron chi connectivity index (χ4n) is 2.66. The lowest BCUT2D eigenvalue weighted by Crippen LogP contribution is -2.18. The summed E-state index contributed by atoms with van der Waals surface area (Å²) in [5.74, 6) is -0.482. The number of carbonyl (C=O) groups is 1. The molecule has 2 heterocycles. The van der Waals surface area contributed by atoms with E-state index >= 15 is 0 Å². The zero-order chi connectivity index (χ0) is 19.8. The Morgan fingerprint density at radius 1 is 1.30 bits per heavy atom. The quantitative estimate of drug-likeness (QED) is 0.451. The largest absolute Gasteiger partial charge is 0.382 e. The summed E-state index contributed by atoms with van der Waals surface area (Å²) in [6.07, 6.45) is 0.524. The minimum absolute atomic E-state index is 0.0361. The molecule has 3 aromatic rings. The topological polar surface area (TPSA) is 174 Å². The maximum atomic E-state index is 12.5. The van der Waals surface area contributed by atoms with Gasteiger partial charge in [-0.15, -0.1) is 0 Å². The van der Waals surface area contributed by atoms with Crippen molar-refractivity contribution in [1.29, 1.82) is 4.78 Å². The number of anilines is 1. The van der Waals surface area contributed by atoms with Gasteiger partial charge in [0, 0.05) is 11.3 Å². The average Bonchev–Trinajstić information content (AvgIpc) is 2.92. The minimum Gasteiger partial charge on any atom is -0.382 e. The van der Waals surface area contributed by atoms with E-state index in [0.717, 1.165) is 5.56 Å². The van der Waals surface area contributed by atoms with Crippen molar-refractivity contribution in [3.63, 3.8) is 0 Å². The van der Waals surface area contributed by atoms with E-state index in [4.69, 9.17) is 16.2 Å². The van der Waals surface area contributed by atoms with Crippen molar-refractivity contribution in [1.82, 2.24) is 19.5 Å². The molecule has 1 unspecified atom stereocenters. The number of hydrogen-bond donors (Lipinski definition) is 4. The number of primary amides is 1. The van der Waals surface area contributed by atoms with Crippen LogP contribution in [0.4, 0.5) is 5.82 Å². The number of nitrogen functional groups attached to an aromatic ring is 1. The number of amides is 1. The molecule has 11 heteroatoms. The first-order valence-electron chi connectivity index (χ1n) is 8.14. The highest BCUT2D eigenvalue weighted by atomic mass is 32.2. The smallest absolute Gasteiger partial charge is 0.328 e. The van der Waals surface area contributed by atoms with Crippen LogP contribution < -0.4 is 17.2 Å². The fourth-order valence-corrected chi connectivity index (χ4v) is 3.90. The lowest BCUT2D eigenvalue weighted by atomic mass is 10.1. The SMILES string of the molecule is CCCS(=N)(=O)c1nc(N)c2[nH]c(=O)n(Cc3ccc(C(N)=O)cc3)c2n1. The minimum atomic E-state index is -3.20. The molecule has 10 nitrogen and oxygen atoms in total. The predicted molar refractivity (Wildman–Crippen MR) is 101 cm³/mol. The van der Waals surface area contributed by atoms with Crippen LogP contribution in [0.25, 0.3) is 11.2 Å². The highest BCUT2D eigenvalue weighted by Crippen LogP contribution is 2.19. The molecule has 0 aliphatic rings. The molecule has 1 amide bonds. The Morgan fingerprint density at radius 3 is 2.56 bits per heavy atom. The first-order valence-corrected chi connectivity index (χ1v) is 9.87. The van der Waals surface area contributed by atoms with Crippen LogP contribution in [-0.2, 0) is 16.3 Å². The Morgan fingerprint density at radius 2 is 1.96 bits per heavy atom. The van der Waals surface area contributed by atoms with Crippen molar-refractivity contribution >= 4 is 32.6 Å². The number of nitrogens with two attached hydrogens (primary N) is 2. The third-order valence-electron chi connectivity index (χ3n) is 4.00. The van der Waals surface area contributed by atoms with Crippen molar-refractivity contribution in [2.75, 3.05) is 11.5 Å². The number of benzene rings is 1. The average molecular weight is 389 g/mol. The number of H-pyrrole nitrogens is 1. The van der Waals surface area contributed by atoms with E-state index in [0.29, 0.717) is 12.0 Å². The first kappa shape index (κ1) is 18.6. The number of imidazole rings is 1. The van der Waals surface area contributed by atoms with Crippen LogP contribution in [0.1, 0.15) is 29.3 Å². The number of aromatic amines is 1. The molecule has 0 spiro atoms. The van der Waals surface area contributed by atoms with E-state index in [2.05, 4.69) is 15.0 Å². The maximum Gasteiger partial charge on any atom is 0.328 e. The van der Waals surface area contributed by atoms with E-state index in [-0.39, 0.29) is 34.4 Å². The van der Waals surface area contributed by atoms with Gasteiger partial charge in [-0.25, -0.2) is 18.8 Å². The highest BCUT2D eigenvalue weighted by molar-refractivity contribution is 7.92. The number of fused-ring (bicyclic) bond motifs is 1. The van der Waals surface area contributed by atoms with Crippen LogP contribution in [0, 0.1) is 4.78 Å². The third-order valence-corrected chi connectivity index (χ3v) is 5.75. The van der Waals surface area contributed by atoms with E-state index < -0.39 is 21.3 Å². The Kier molecular flexibility index (Phi) is 4.70. The second kappa shape index (κ2) is 6.83. The molecule has 1 atom stereocenters. The molecule has 0 fully saturated rings. The second-order valence-corrected chi connectivity index (χ2v) is 8.17. The number of hydrogen-bond acceptors (Lipinski definition) is 7. The molecular weight excluding hydrogens is 370 g/mol. The van der Waals surface area contributed by atoms with Gasteiger partial charge < -0.3 is 16.5 Å². The van der Waals surface area contributed by atoms with E-state index in [1.807, 2.05) is 0 Å². The van der Waals surface area contributed by atoms with Crippen molar-refractivity contribution in [2.45, 2.75) is 25.0 Å². The zero-order valence-electron chi connectivity index (χ0n) is 14.6. The van der Waals surface area contributed by atoms with Gasteiger partial charge in [0.1, 0.15) is 15.2 Å². The standard InChI is InChI=1S/C16H19N7O3S/c1-2-7-27(19,26)15-21-12(17)11-14(22-15)23(16(25)20-11)8-9-3-5-10(6-4-9)13(18)24/h3-6,19H,2,7-8H2,1H3,(H2,18,24)(H,20,25)(H2,17,21,22). The van der Waals surface area contributed by atoms with Gasteiger partial charge in [-0.05, 0) is 24.1 Å². The summed E-state index contributed by atoms with van der Waals surface area (Å²) in [5, 5.41) is -0.189. The summed E-state index contributed by atoms with van der Waals surface area (Å²) in [6.45, 7) is 1.94. The van der Waals surface area contributed by atoms with Gasteiger partial charge in [0.15, 0.2) is 11.5 Å². The van der Waals surface area contributed by atoms with Crippen LogP contribution in [0.3, 0.4) is 0 Å². The Labute approximate surface area is 154 Å². The van der Waals surface area contributed by atoms with Gasteiger partial charge in [-0.1, -0.05) is 19.1 Å². The highest BCUT2D eigenvalue weighted by Gasteiger charge is 2.19. The van der Waals surface area contributed by atoms with E-state index in [9.17, 15) is 13.8 Å². The Hall–Kier alpha value is -3.21. The van der Waals surface area contributed by atoms with E-state index in [1.54, 1.807) is 31.2 Å². The van der Waals surface area contributed by atoms with Gasteiger partial charge in [-0.3, -0.25) is 9.36 Å². The normalized spacial score (nSPS) is 13.5. The fraction of sp³-hybridized carbons (Fsp3) is 0.250. The zero-order valence-corrected chi connectivity index (χ0v) is 15.4. The molecule has 3 rings (SSSR count). The van der Waals surface area contributed by atoms with Crippen LogP contribution >= 0.6 is 0 Å². The molecule has 0 aliphatic carbocycles. The number of rotatable bonds is 6. The predicted octanol–water partition coefficient (Wildman–Crippen LogP) is 0.665. The summed E-state index contributed by atoms with van der Waals surface area (Å²) in [5.41, 5.74) is 12.1. The van der Waals surface area contributed by atoms with Gasteiger partial charge in [0.2, 0.25) is 11.1 Å². The first-order chi connectivity index (χ1) is 12.7. The van der Waals surface area contributed by atoms with E-state index in [1.165, 1.54) is 4.57 Å². The molecular formula is C16H19N7O3S. The van der Waals surface area contributed by atoms with Crippen molar-refractivity contribution in [2.24, 2.45) is 5.73 Å². The number of aromatic nitrogens is 4. The summed E-state index contributed by atoms with van der Waals surface area (Å²) in [7, 11) is -3.20. The molecule has 1 aromatic carbocycles. The maximum absolute atomic E-state index is 12.5. The lowest BCUT2D eigenvalue weighted by Gasteiger charge is -2.08. The van der Waals surface area contributed by atoms with Gasteiger partial charge >= 0.3 is 5.69 Å². The van der Waals surface area contributed by atoms with Crippen LogP contribution in [-0.4, -0.2) is 35.4 Å². The van der Waals surface area contributed by atoms with Crippen molar-refractivity contribution < 1.29 is 9.00 Å². The summed E-state index contributed by atoms with van der Waals surface area (Å²) in [6, 6.07) is 6.46. The van der Waals surface area contributed by atoms with Crippen LogP contribution in [0.5, 0.6) is 0 Å². The molecule has 142 valence electrons. The molecule has 0 aliphatic heterocycles. The van der Waals surface area contributed by atoms with Gasteiger partial charge in [-0.2, -0.15) is 4.98 Å². The Balaban J connectivity index is 2.10. The van der Waals surface area contributed by atoms with Crippen LogP contribution in [0.15, 0.2) is 34.2 Å². The van der Waals surface area contributed by atoms with Gasteiger partial charge in [0.05, 0.1) is 6.54 Å². The van der Waals surface area contributed by atoms with Crippen molar-refractivity contribution in [3.8, 4) is 0 Å². The number of nitrogens with one attached hydrogen (secondary N) is 2.